The summed E-state index contributed by atoms with van der Waals surface area (Å²) < 4.78 is 11.6. The van der Waals surface area contributed by atoms with E-state index in [1.807, 2.05) is 67.6 Å². The highest BCUT2D eigenvalue weighted by Crippen LogP contribution is 2.34. The van der Waals surface area contributed by atoms with Crippen molar-refractivity contribution in [2.45, 2.75) is 20.8 Å². The number of fused-ring (bicyclic) bond motifs is 4. The number of benzene rings is 7. The van der Waals surface area contributed by atoms with Crippen LogP contribution < -0.4 is 16.2 Å². The molecule has 0 bridgehead atoms. The Balaban J connectivity index is 0.992. The maximum absolute atomic E-state index is 13.3. The second kappa shape index (κ2) is 13.4. The number of rotatable bonds is 7. The molecule has 2 heterocycles. The fourth-order valence-electron chi connectivity index (χ4n) is 7.75. The molecule has 0 N–H and O–H groups in total. The van der Waals surface area contributed by atoms with E-state index in [4.69, 9.17) is 8.83 Å². The van der Waals surface area contributed by atoms with E-state index in [2.05, 4.69) is 104 Å². The van der Waals surface area contributed by atoms with Crippen molar-refractivity contribution in [3.8, 4) is 44.5 Å². The van der Waals surface area contributed by atoms with Crippen molar-refractivity contribution < 1.29 is 8.83 Å². The summed E-state index contributed by atoms with van der Waals surface area (Å²) in [4.78, 5) is 28.6. The van der Waals surface area contributed by atoms with Crippen molar-refractivity contribution in [1.29, 1.82) is 0 Å². The van der Waals surface area contributed by atoms with Gasteiger partial charge < -0.3 is 13.7 Å². The zero-order valence-electron chi connectivity index (χ0n) is 30.4. The van der Waals surface area contributed by atoms with E-state index in [1.54, 1.807) is 0 Å². The van der Waals surface area contributed by atoms with Gasteiger partial charge in [0.2, 0.25) is 0 Å². The van der Waals surface area contributed by atoms with Crippen molar-refractivity contribution in [1.82, 2.24) is 0 Å². The summed E-state index contributed by atoms with van der Waals surface area (Å²) >= 11 is 0. The smallest absolute Gasteiger partial charge is 0.344 e. The molecular weight excluding hydrogens is 667 g/mol. The maximum atomic E-state index is 13.3. The lowest BCUT2D eigenvalue weighted by molar-refractivity contribution is 0.562. The number of aryl methyl sites for hydroxylation is 1. The van der Waals surface area contributed by atoms with E-state index in [0.29, 0.717) is 22.3 Å². The molecule has 7 aromatic carbocycles. The van der Waals surface area contributed by atoms with Crippen LogP contribution in [0.1, 0.15) is 19.4 Å². The highest BCUT2D eigenvalue weighted by Gasteiger charge is 2.16. The fraction of sp³-hybridized carbons (Fsp3) is 0.102. The van der Waals surface area contributed by atoms with E-state index in [1.165, 1.54) is 0 Å². The molecule has 0 spiro atoms. The maximum Gasteiger partial charge on any atom is 0.344 e. The van der Waals surface area contributed by atoms with Crippen LogP contribution in [0.4, 0.5) is 5.69 Å². The van der Waals surface area contributed by atoms with Gasteiger partial charge in [0.05, 0.1) is 11.1 Å². The first kappa shape index (κ1) is 33.1. The van der Waals surface area contributed by atoms with E-state index >= 15 is 0 Å². The van der Waals surface area contributed by atoms with Gasteiger partial charge in [-0.3, -0.25) is 0 Å². The molecule has 0 aliphatic rings. The summed E-state index contributed by atoms with van der Waals surface area (Å²) in [5.41, 5.74) is 9.56. The molecule has 0 atom stereocenters. The van der Waals surface area contributed by atoms with Gasteiger partial charge in [-0.25, -0.2) is 9.59 Å². The molecular formula is C49H37NO4. The predicted octanol–water partition coefficient (Wildman–Crippen LogP) is 12.0. The number of anilines is 1. The minimum Gasteiger partial charge on any atom is -0.422 e. The first-order chi connectivity index (χ1) is 26.4. The van der Waals surface area contributed by atoms with Crippen molar-refractivity contribution in [3.63, 3.8) is 0 Å². The lowest BCUT2D eigenvalue weighted by Crippen LogP contribution is -2.21. The minimum atomic E-state index is -0.350. The van der Waals surface area contributed by atoms with Crippen molar-refractivity contribution in [3.05, 3.63) is 172 Å². The van der Waals surface area contributed by atoms with E-state index in [9.17, 15) is 9.59 Å². The van der Waals surface area contributed by atoms with Crippen LogP contribution in [-0.2, 0) is 0 Å². The van der Waals surface area contributed by atoms with Gasteiger partial charge in [0, 0.05) is 35.6 Å². The average molecular weight is 704 g/mol. The number of hydrogen-bond acceptors (Lipinski definition) is 5. The van der Waals surface area contributed by atoms with Gasteiger partial charge in [-0.2, -0.15) is 0 Å². The summed E-state index contributed by atoms with van der Waals surface area (Å²) in [7, 11) is 0. The second-order valence-corrected chi connectivity index (χ2v) is 13.9. The van der Waals surface area contributed by atoms with Gasteiger partial charge in [0.25, 0.3) is 0 Å². The Bertz CT molecular complexity index is 3010. The van der Waals surface area contributed by atoms with Crippen LogP contribution >= 0.6 is 0 Å². The van der Waals surface area contributed by atoms with Gasteiger partial charge in [0.15, 0.2) is 0 Å². The minimum absolute atomic E-state index is 0.329. The molecule has 0 unspecified atom stereocenters. The first-order valence-corrected chi connectivity index (χ1v) is 18.4. The molecule has 0 aliphatic carbocycles. The van der Waals surface area contributed by atoms with Crippen molar-refractivity contribution >= 4 is 49.2 Å². The zero-order chi connectivity index (χ0) is 36.9. The number of nitrogens with zero attached hydrogens (tertiary/aromatic N) is 1. The first-order valence-electron chi connectivity index (χ1n) is 18.4. The van der Waals surface area contributed by atoms with Crippen LogP contribution in [0.25, 0.3) is 88.0 Å². The fourth-order valence-corrected chi connectivity index (χ4v) is 7.75. The standard InChI is InChI=1S/C49H37NO4/c1-4-50(5-2)42-22-23-43-30(3)47(49(52)54-46(43)29-42)35-18-12-32(13-19-35)39-21-15-33-14-20-38(24-40(33)25-39)31-10-16-34(17-11-31)44-27-41-26-36-8-6-7-9-37(36)28-45(41)53-48(44)51/h6-29H,4-5H2,1-3H3. The molecule has 0 aliphatic heterocycles. The van der Waals surface area contributed by atoms with Gasteiger partial charge in [-0.05, 0) is 124 Å². The van der Waals surface area contributed by atoms with E-state index in [-0.39, 0.29) is 11.3 Å². The third kappa shape index (κ3) is 5.84. The monoisotopic (exact) mass is 703 g/mol. The summed E-state index contributed by atoms with van der Waals surface area (Å²) in [5.74, 6) is 0. The largest absolute Gasteiger partial charge is 0.422 e. The van der Waals surface area contributed by atoms with Crippen LogP contribution in [0.3, 0.4) is 0 Å². The molecule has 5 nitrogen and oxygen atoms in total. The van der Waals surface area contributed by atoms with Gasteiger partial charge >= 0.3 is 11.3 Å². The zero-order valence-corrected chi connectivity index (χ0v) is 30.4. The summed E-state index contributed by atoms with van der Waals surface area (Å²) in [5, 5.41) is 6.25. The van der Waals surface area contributed by atoms with Crippen LogP contribution in [0, 0.1) is 6.92 Å². The summed E-state index contributed by atoms with van der Waals surface area (Å²) in [6, 6.07) is 49.3. The lowest BCUT2D eigenvalue weighted by atomic mass is 9.95. The van der Waals surface area contributed by atoms with E-state index < -0.39 is 0 Å². The quantitative estimate of drug-likeness (QED) is 0.122. The molecule has 0 saturated heterocycles. The van der Waals surface area contributed by atoms with Crippen LogP contribution in [0.5, 0.6) is 0 Å². The molecule has 54 heavy (non-hydrogen) atoms. The van der Waals surface area contributed by atoms with E-state index in [0.717, 1.165) is 90.0 Å². The SMILES string of the molecule is CCN(CC)c1ccc2c(C)c(-c3ccc(-c4ccc5ccc(-c6ccc(-c7cc8cc9ccccc9cc8oc7=O)cc6)cc5c4)cc3)c(=O)oc2c1. The van der Waals surface area contributed by atoms with Gasteiger partial charge in [0.1, 0.15) is 11.2 Å². The molecule has 0 fully saturated rings. The topological polar surface area (TPSA) is 63.7 Å². The average Bonchev–Trinajstić information content (AvgIpc) is 3.20. The molecule has 0 amide bonds. The lowest BCUT2D eigenvalue weighted by Gasteiger charge is -2.21. The number of hydrogen-bond donors (Lipinski definition) is 0. The normalized spacial score (nSPS) is 11.5. The highest BCUT2D eigenvalue weighted by atomic mass is 16.4. The van der Waals surface area contributed by atoms with Crippen molar-refractivity contribution in [2.75, 3.05) is 18.0 Å². The Labute approximate surface area is 312 Å². The van der Waals surface area contributed by atoms with Crippen molar-refractivity contribution in [2.24, 2.45) is 0 Å². The predicted molar refractivity (Wildman–Crippen MR) is 224 cm³/mol. The molecule has 2 aromatic heterocycles. The third-order valence-electron chi connectivity index (χ3n) is 10.8. The summed E-state index contributed by atoms with van der Waals surface area (Å²) in [6.45, 7) is 8.01. The second-order valence-electron chi connectivity index (χ2n) is 13.9. The molecule has 262 valence electrons. The van der Waals surface area contributed by atoms with Crippen LogP contribution in [0.2, 0.25) is 0 Å². The highest BCUT2D eigenvalue weighted by molar-refractivity contribution is 5.97. The van der Waals surface area contributed by atoms with Gasteiger partial charge in [-0.15, -0.1) is 0 Å². The molecule has 9 rings (SSSR count). The van der Waals surface area contributed by atoms with Crippen LogP contribution in [-0.4, -0.2) is 13.1 Å². The summed E-state index contributed by atoms with van der Waals surface area (Å²) in [6.07, 6.45) is 0. The molecule has 0 saturated carbocycles. The van der Waals surface area contributed by atoms with Crippen LogP contribution in [0.15, 0.2) is 164 Å². The third-order valence-corrected chi connectivity index (χ3v) is 10.8. The van der Waals surface area contributed by atoms with Gasteiger partial charge in [-0.1, -0.05) is 97.1 Å². The Morgan fingerprint density at radius 1 is 0.463 bits per heavy atom. The molecule has 5 heteroatoms. The Morgan fingerprint density at radius 3 is 1.69 bits per heavy atom. The Morgan fingerprint density at radius 2 is 1.04 bits per heavy atom. The Kier molecular flexibility index (Phi) is 8.20. The molecule has 9 aromatic rings. The Hall–Kier alpha value is -6.72. The molecule has 0 radical (unpaired) electrons.